The van der Waals surface area contributed by atoms with Crippen LogP contribution >= 0.6 is 0 Å². The number of hydrogen-bond donors (Lipinski definition) is 1. The summed E-state index contributed by atoms with van der Waals surface area (Å²) in [6, 6.07) is 49.1. The van der Waals surface area contributed by atoms with Crippen molar-refractivity contribution < 1.29 is 0 Å². The number of nitrogens with one attached hydrogen (secondary N) is 1. The van der Waals surface area contributed by atoms with Crippen LogP contribution in [0.4, 0.5) is 28.4 Å². The van der Waals surface area contributed by atoms with Gasteiger partial charge in [-0.3, -0.25) is 0 Å². The fraction of sp³-hybridized carbons (Fsp3) is 0. The van der Waals surface area contributed by atoms with Crippen molar-refractivity contribution in [2.24, 2.45) is 0 Å². The Morgan fingerprint density at radius 3 is 1.79 bits per heavy atom. The predicted octanol–water partition coefficient (Wildman–Crippen LogP) is 9.21. The summed E-state index contributed by atoms with van der Waals surface area (Å²) in [5.41, 5.74) is 5.62. The van der Waals surface area contributed by atoms with Crippen molar-refractivity contribution >= 4 is 50.0 Å². The molecule has 0 aromatic heterocycles. The minimum absolute atomic E-state index is 1.08. The van der Waals surface area contributed by atoms with E-state index in [0.29, 0.717) is 0 Å². The average molecular weight is 437 g/mol. The second-order valence-electron chi connectivity index (χ2n) is 8.34. The molecule has 0 saturated heterocycles. The van der Waals surface area contributed by atoms with E-state index in [0.717, 1.165) is 22.7 Å². The molecule has 0 amide bonds. The summed E-state index contributed by atoms with van der Waals surface area (Å²) in [6.07, 6.45) is 0. The van der Waals surface area contributed by atoms with Gasteiger partial charge >= 0.3 is 0 Å². The first-order valence-corrected chi connectivity index (χ1v) is 11.6. The van der Waals surface area contributed by atoms with Crippen LogP contribution in [-0.4, -0.2) is 0 Å². The largest absolute Gasteiger partial charge is 0.355 e. The smallest absolute Gasteiger partial charge is 0.0541 e. The van der Waals surface area contributed by atoms with Crippen LogP contribution < -0.4 is 10.2 Å². The molecule has 0 heterocycles. The summed E-state index contributed by atoms with van der Waals surface area (Å²) in [4.78, 5) is 2.37. The van der Waals surface area contributed by atoms with E-state index in [2.05, 4.69) is 144 Å². The van der Waals surface area contributed by atoms with Crippen molar-refractivity contribution in [2.45, 2.75) is 0 Å². The molecule has 0 unspecified atom stereocenters. The Balaban J connectivity index is 1.59. The van der Waals surface area contributed by atoms with Gasteiger partial charge in [0.05, 0.1) is 11.4 Å². The highest BCUT2D eigenvalue weighted by Crippen LogP contribution is 2.43. The lowest BCUT2D eigenvalue weighted by Crippen LogP contribution is -2.11. The molecule has 34 heavy (non-hydrogen) atoms. The van der Waals surface area contributed by atoms with Crippen molar-refractivity contribution in [1.29, 1.82) is 0 Å². The van der Waals surface area contributed by atoms with Gasteiger partial charge in [0.2, 0.25) is 0 Å². The molecule has 1 N–H and O–H groups in total. The quantitative estimate of drug-likeness (QED) is 0.290. The van der Waals surface area contributed by atoms with Gasteiger partial charge in [-0.15, -0.1) is 0 Å². The number of nitrogens with zero attached hydrogens (tertiary/aromatic N) is 1. The second-order valence-corrected chi connectivity index (χ2v) is 8.34. The zero-order chi connectivity index (χ0) is 22.7. The fourth-order valence-corrected chi connectivity index (χ4v) is 4.65. The van der Waals surface area contributed by atoms with E-state index in [9.17, 15) is 0 Å². The van der Waals surface area contributed by atoms with E-state index in [1.807, 2.05) is 6.07 Å². The van der Waals surface area contributed by atoms with Gasteiger partial charge in [-0.1, -0.05) is 97.1 Å². The maximum absolute atomic E-state index is 3.60. The van der Waals surface area contributed by atoms with Gasteiger partial charge in [-0.25, -0.2) is 0 Å². The molecule has 162 valence electrons. The highest BCUT2D eigenvalue weighted by molar-refractivity contribution is 6.08. The van der Waals surface area contributed by atoms with Crippen molar-refractivity contribution in [3.63, 3.8) is 0 Å². The van der Waals surface area contributed by atoms with Gasteiger partial charge in [-0.05, 0) is 47.9 Å². The lowest BCUT2D eigenvalue weighted by molar-refractivity contribution is 1.31. The highest BCUT2D eigenvalue weighted by atomic mass is 15.1. The minimum Gasteiger partial charge on any atom is -0.355 e. The molecular formula is C32H24N2. The van der Waals surface area contributed by atoms with Crippen LogP contribution in [0, 0.1) is 0 Å². The van der Waals surface area contributed by atoms with Crippen molar-refractivity contribution in [2.75, 3.05) is 10.2 Å². The first-order valence-electron chi connectivity index (χ1n) is 11.6. The van der Waals surface area contributed by atoms with Crippen LogP contribution in [-0.2, 0) is 0 Å². The van der Waals surface area contributed by atoms with Crippen LogP contribution in [0.2, 0.25) is 0 Å². The lowest BCUT2D eigenvalue weighted by Gasteiger charge is -2.28. The van der Waals surface area contributed by atoms with E-state index in [1.165, 1.54) is 27.2 Å². The summed E-state index contributed by atoms with van der Waals surface area (Å²) in [6.45, 7) is 0. The molecule has 6 rings (SSSR count). The summed E-state index contributed by atoms with van der Waals surface area (Å²) in [7, 11) is 0. The van der Waals surface area contributed by atoms with E-state index in [-0.39, 0.29) is 0 Å². The molecule has 0 atom stereocenters. The standard InChI is InChI=1S/C32H24N2/c1-3-14-25(15-4-1)33-30-22-23-32(29-20-10-9-19-28(29)30)34(26-16-5-2-6-17-26)31-21-11-13-24-12-7-8-18-27(24)31/h1-23,33H. The molecule has 0 radical (unpaired) electrons. The molecule has 0 saturated carbocycles. The molecule has 0 spiro atoms. The Kier molecular flexibility index (Phi) is 5.17. The zero-order valence-electron chi connectivity index (χ0n) is 18.7. The third-order valence-corrected chi connectivity index (χ3v) is 6.22. The number of rotatable bonds is 5. The third-order valence-electron chi connectivity index (χ3n) is 6.22. The monoisotopic (exact) mass is 436 g/mol. The van der Waals surface area contributed by atoms with Gasteiger partial charge in [-0.2, -0.15) is 0 Å². The zero-order valence-corrected chi connectivity index (χ0v) is 18.7. The first kappa shape index (κ1) is 20.1. The summed E-state index contributed by atoms with van der Waals surface area (Å²) >= 11 is 0. The number of hydrogen-bond acceptors (Lipinski definition) is 2. The summed E-state index contributed by atoms with van der Waals surface area (Å²) in [5.74, 6) is 0. The Morgan fingerprint density at radius 2 is 1.00 bits per heavy atom. The van der Waals surface area contributed by atoms with E-state index in [4.69, 9.17) is 0 Å². The molecule has 0 fully saturated rings. The second kappa shape index (κ2) is 8.76. The van der Waals surface area contributed by atoms with Crippen LogP contribution in [0.15, 0.2) is 140 Å². The maximum Gasteiger partial charge on any atom is 0.0541 e. The van der Waals surface area contributed by atoms with Gasteiger partial charge in [0.25, 0.3) is 0 Å². The maximum atomic E-state index is 3.60. The summed E-state index contributed by atoms with van der Waals surface area (Å²) < 4.78 is 0. The molecule has 2 heteroatoms. The van der Waals surface area contributed by atoms with Gasteiger partial charge in [0.15, 0.2) is 0 Å². The Hall–Kier alpha value is -4.56. The molecule has 0 aliphatic rings. The number of anilines is 5. The Labute approximate surface area is 199 Å². The molecule has 0 aliphatic heterocycles. The first-order chi connectivity index (χ1) is 16.9. The molecular weight excluding hydrogens is 412 g/mol. The van der Waals surface area contributed by atoms with Crippen molar-refractivity contribution in [1.82, 2.24) is 0 Å². The SMILES string of the molecule is c1ccc(Nc2ccc(N(c3ccccc3)c3cccc4ccccc34)c3ccccc23)cc1. The van der Waals surface area contributed by atoms with Gasteiger partial charge in [0, 0.05) is 33.2 Å². The fourth-order valence-electron chi connectivity index (χ4n) is 4.65. The van der Waals surface area contributed by atoms with Gasteiger partial charge in [0.1, 0.15) is 0 Å². The van der Waals surface area contributed by atoms with E-state index < -0.39 is 0 Å². The summed E-state index contributed by atoms with van der Waals surface area (Å²) in [5, 5.41) is 8.44. The molecule has 0 bridgehead atoms. The molecule has 6 aromatic carbocycles. The average Bonchev–Trinajstić information content (AvgIpc) is 2.91. The third kappa shape index (κ3) is 3.66. The van der Waals surface area contributed by atoms with Crippen LogP contribution in [0.5, 0.6) is 0 Å². The number of benzene rings is 6. The van der Waals surface area contributed by atoms with Crippen molar-refractivity contribution in [3.8, 4) is 0 Å². The predicted molar refractivity (Wildman–Crippen MR) is 146 cm³/mol. The van der Waals surface area contributed by atoms with Crippen LogP contribution in [0.1, 0.15) is 0 Å². The molecule has 0 aliphatic carbocycles. The van der Waals surface area contributed by atoms with Crippen molar-refractivity contribution in [3.05, 3.63) is 140 Å². The molecule has 6 aromatic rings. The van der Waals surface area contributed by atoms with Crippen LogP contribution in [0.3, 0.4) is 0 Å². The minimum atomic E-state index is 1.08. The Bertz CT molecular complexity index is 1570. The number of fused-ring (bicyclic) bond motifs is 2. The normalized spacial score (nSPS) is 10.9. The van der Waals surface area contributed by atoms with E-state index >= 15 is 0 Å². The van der Waals surface area contributed by atoms with Crippen LogP contribution in [0.25, 0.3) is 21.5 Å². The molecule has 2 nitrogen and oxygen atoms in total. The lowest BCUT2D eigenvalue weighted by atomic mass is 10.0. The van der Waals surface area contributed by atoms with Gasteiger partial charge < -0.3 is 10.2 Å². The number of para-hydroxylation sites is 2. The highest BCUT2D eigenvalue weighted by Gasteiger charge is 2.18. The topological polar surface area (TPSA) is 15.3 Å². The van der Waals surface area contributed by atoms with E-state index in [1.54, 1.807) is 0 Å². The Morgan fingerprint density at radius 1 is 0.412 bits per heavy atom.